The van der Waals surface area contributed by atoms with Crippen molar-refractivity contribution in [3.8, 4) is 0 Å². The third-order valence-electron chi connectivity index (χ3n) is 2.97. The predicted octanol–water partition coefficient (Wildman–Crippen LogP) is 3.22. The maximum Gasteiger partial charge on any atom is 0.151 e. The van der Waals surface area contributed by atoms with E-state index in [9.17, 15) is 0 Å². The Morgan fingerprint density at radius 1 is 1.31 bits per heavy atom. The Kier molecular flexibility index (Phi) is 4.29. The molecule has 0 aliphatic heterocycles. The molecule has 1 aliphatic rings. The van der Waals surface area contributed by atoms with Gasteiger partial charge in [-0.05, 0) is 31.2 Å². The van der Waals surface area contributed by atoms with E-state index in [1.165, 1.54) is 25.7 Å². The van der Waals surface area contributed by atoms with Crippen LogP contribution in [0, 0.1) is 0 Å². The van der Waals surface area contributed by atoms with E-state index in [0.717, 1.165) is 5.82 Å². The molecule has 2 rings (SSSR count). The van der Waals surface area contributed by atoms with Crippen molar-refractivity contribution < 1.29 is 0 Å². The summed E-state index contributed by atoms with van der Waals surface area (Å²) in [6, 6.07) is 4.18. The number of hydrogen-bond acceptors (Lipinski definition) is 4. The van der Waals surface area contributed by atoms with Gasteiger partial charge in [-0.1, -0.05) is 24.4 Å². The van der Waals surface area contributed by atoms with E-state index in [4.69, 9.17) is 11.6 Å². The van der Waals surface area contributed by atoms with Crippen molar-refractivity contribution >= 4 is 29.2 Å². The van der Waals surface area contributed by atoms with Crippen molar-refractivity contribution in [1.82, 2.24) is 10.2 Å². The van der Waals surface area contributed by atoms with Crippen LogP contribution in [0.4, 0.5) is 5.82 Å². The fourth-order valence-corrected chi connectivity index (χ4v) is 3.16. The van der Waals surface area contributed by atoms with E-state index in [-0.39, 0.29) is 0 Å². The predicted molar refractivity (Wildman–Crippen MR) is 70.2 cm³/mol. The van der Waals surface area contributed by atoms with E-state index >= 15 is 0 Å². The first-order valence-electron chi connectivity index (χ1n) is 5.58. The molecule has 0 aromatic carbocycles. The summed E-state index contributed by atoms with van der Waals surface area (Å²) in [6.45, 7) is 0. The quantitative estimate of drug-likeness (QED) is 0.902. The lowest BCUT2D eigenvalue weighted by atomic mass is 9.95. The van der Waals surface area contributed by atoms with E-state index in [1.807, 2.05) is 17.8 Å². The van der Waals surface area contributed by atoms with Crippen LogP contribution in [0.2, 0.25) is 5.15 Å². The Balaban J connectivity index is 1.99. The zero-order chi connectivity index (χ0) is 11.4. The molecule has 0 spiro atoms. The highest BCUT2D eigenvalue weighted by Crippen LogP contribution is 2.29. The largest absolute Gasteiger partial charge is 0.365 e. The van der Waals surface area contributed by atoms with Gasteiger partial charge in [0.25, 0.3) is 0 Å². The first-order valence-corrected chi connectivity index (χ1v) is 7.25. The van der Waals surface area contributed by atoms with Crippen LogP contribution in [-0.4, -0.2) is 27.7 Å². The van der Waals surface area contributed by atoms with Crippen LogP contribution >= 0.6 is 23.4 Å². The molecule has 3 nitrogen and oxygen atoms in total. The number of anilines is 1. The molecule has 1 aromatic rings. The number of halogens is 1. The summed E-state index contributed by atoms with van der Waals surface area (Å²) >= 11 is 7.64. The van der Waals surface area contributed by atoms with Gasteiger partial charge in [0.1, 0.15) is 5.82 Å². The lowest BCUT2D eigenvalue weighted by molar-refractivity contribution is 0.474. The van der Waals surface area contributed by atoms with E-state index in [2.05, 4.69) is 21.8 Å². The minimum Gasteiger partial charge on any atom is -0.365 e. The molecule has 88 valence electrons. The Bertz CT molecular complexity index is 331. The van der Waals surface area contributed by atoms with Gasteiger partial charge in [0.05, 0.1) is 0 Å². The van der Waals surface area contributed by atoms with Gasteiger partial charge >= 0.3 is 0 Å². The number of hydrogen-bond donors (Lipinski definition) is 1. The van der Waals surface area contributed by atoms with Crippen LogP contribution in [-0.2, 0) is 0 Å². The minimum absolute atomic E-state index is 0.440. The highest BCUT2D eigenvalue weighted by molar-refractivity contribution is 7.99. The molecule has 1 aliphatic carbocycles. The van der Waals surface area contributed by atoms with Crippen molar-refractivity contribution in [2.24, 2.45) is 0 Å². The van der Waals surface area contributed by atoms with Crippen LogP contribution in [0.5, 0.6) is 0 Å². The topological polar surface area (TPSA) is 37.8 Å². The molecule has 1 N–H and O–H groups in total. The summed E-state index contributed by atoms with van der Waals surface area (Å²) in [5.41, 5.74) is 0. The molecule has 5 heteroatoms. The lowest BCUT2D eigenvalue weighted by Crippen LogP contribution is -2.34. The van der Waals surface area contributed by atoms with Crippen LogP contribution < -0.4 is 5.32 Å². The fraction of sp³-hybridized carbons (Fsp3) is 0.636. The smallest absolute Gasteiger partial charge is 0.151 e. The molecule has 1 saturated carbocycles. The molecule has 2 unspecified atom stereocenters. The zero-order valence-corrected chi connectivity index (χ0v) is 10.9. The van der Waals surface area contributed by atoms with Gasteiger partial charge in [0, 0.05) is 11.3 Å². The second-order valence-corrected chi connectivity index (χ2v) is 5.51. The zero-order valence-electron chi connectivity index (χ0n) is 9.32. The maximum atomic E-state index is 5.70. The van der Waals surface area contributed by atoms with E-state index in [1.54, 1.807) is 6.07 Å². The fourth-order valence-electron chi connectivity index (χ4n) is 2.13. The summed E-state index contributed by atoms with van der Waals surface area (Å²) < 4.78 is 0. The standard InChI is InChI=1S/C11H16ClN3S/c1-16-9-5-3-2-4-8(9)13-11-7-6-10(12)14-15-11/h6-9H,2-5H2,1H3,(H,13,15). The average molecular weight is 258 g/mol. The Hall–Kier alpha value is -0.480. The van der Waals surface area contributed by atoms with Crippen molar-refractivity contribution in [3.05, 3.63) is 17.3 Å². The number of nitrogens with one attached hydrogen (secondary N) is 1. The Morgan fingerprint density at radius 3 is 2.81 bits per heavy atom. The summed E-state index contributed by atoms with van der Waals surface area (Å²) in [6.07, 6.45) is 7.33. The van der Waals surface area contributed by atoms with Crippen molar-refractivity contribution in [2.75, 3.05) is 11.6 Å². The third-order valence-corrected chi connectivity index (χ3v) is 4.34. The summed E-state index contributed by atoms with van der Waals surface area (Å²) in [4.78, 5) is 0. The first kappa shape index (κ1) is 12.0. The van der Waals surface area contributed by atoms with Crippen LogP contribution in [0.1, 0.15) is 25.7 Å². The van der Waals surface area contributed by atoms with Crippen LogP contribution in [0.25, 0.3) is 0 Å². The molecule has 0 amide bonds. The average Bonchev–Trinajstić information content (AvgIpc) is 2.33. The van der Waals surface area contributed by atoms with Gasteiger partial charge < -0.3 is 5.32 Å². The highest BCUT2D eigenvalue weighted by atomic mass is 35.5. The minimum atomic E-state index is 0.440. The molecular weight excluding hydrogens is 242 g/mol. The van der Waals surface area contributed by atoms with Gasteiger partial charge in [-0.3, -0.25) is 0 Å². The van der Waals surface area contributed by atoms with Gasteiger partial charge in [0.15, 0.2) is 5.15 Å². The third kappa shape index (κ3) is 3.01. The summed E-state index contributed by atoms with van der Waals surface area (Å²) in [5.74, 6) is 0.829. The molecule has 0 radical (unpaired) electrons. The van der Waals surface area contributed by atoms with Gasteiger partial charge in [-0.25, -0.2) is 0 Å². The molecule has 1 aromatic heterocycles. The molecule has 1 fully saturated rings. The Labute approximate surface area is 105 Å². The number of rotatable bonds is 3. The van der Waals surface area contributed by atoms with Crippen molar-refractivity contribution in [3.63, 3.8) is 0 Å². The number of nitrogens with zero attached hydrogens (tertiary/aromatic N) is 2. The molecule has 16 heavy (non-hydrogen) atoms. The van der Waals surface area contributed by atoms with Gasteiger partial charge in [0.2, 0.25) is 0 Å². The second-order valence-electron chi connectivity index (χ2n) is 4.05. The van der Waals surface area contributed by atoms with Crippen molar-refractivity contribution in [2.45, 2.75) is 37.0 Å². The highest BCUT2D eigenvalue weighted by Gasteiger charge is 2.24. The van der Waals surface area contributed by atoms with Gasteiger partial charge in [-0.15, -0.1) is 10.2 Å². The number of thioether (sulfide) groups is 1. The van der Waals surface area contributed by atoms with Gasteiger partial charge in [-0.2, -0.15) is 11.8 Å². The number of aromatic nitrogens is 2. The Morgan fingerprint density at radius 2 is 2.12 bits per heavy atom. The molecule has 2 atom stereocenters. The lowest BCUT2D eigenvalue weighted by Gasteiger charge is -2.31. The summed E-state index contributed by atoms with van der Waals surface area (Å²) in [5, 5.41) is 12.5. The SMILES string of the molecule is CSC1CCCCC1Nc1ccc(Cl)nn1. The summed E-state index contributed by atoms with van der Waals surface area (Å²) in [7, 11) is 0. The monoisotopic (exact) mass is 257 g/mol. The van der Waals surface area contributed by atoms with Crippen molar-refractivity contribution in [1.29, 1.82) is 0 Å². The molecule has 0 saturated heterocycles. The molecule has 1 heterocycles. The van der Waals surface area contributed by atoms with Crippen LogP contribution in [0.3, 0.4) is 0 Å². The normalized spacial score (nSPS) is 25.4. The molecular formula is C11H16ClN3S. The van der Waals surface area contributed by atoms with E-state index in [0.29, 0.717) is 16.4 Å². The maximum absolute atomic E-state index is 5.70. The van der Waals surface area contributed by atoms with Crippen LogP contribution in [0.15, 0.2) is 12.1 Å². The van der Waals surface area contributed by atoms with E-state index < -0.39 is 0 Å². The molecule has 0 bridgehead atoms. The first-order chi connectivity index (χ1) is 7.79. The second kappa shape index (κ2) is 5.73.